The second kappa shape index (κ2) is 8.55. The van der Waals surface area contributed by atoms with Crippen LogP contribution in [-0.4, -0.2) is 68.7 Å². The first-order valence-corrected chi connectivity index (χ1v) is 11.4. The van der Waals surface area contributed by atoms with Gasteiger partial charge >= 0.3 is 6.03 Å². The molecular weight excluding hydrogens is 360 g/mol. The van der Waals surface area contributed by atoms with E-state index in [0.717, 1.165) is 30.8 Å². The minimum absolute atomic E-state index is 0.0632. The van der Waals surface area contributed by atoms with Gasteiger partial charge in [0, 0.05) is 58.5 Å². The first kappa shape index (κ1) is 20.5. The monoisotopic (exact) mass is 398 g/mol. The number of piperazine rings is 1. The number of hydrogen-bond donors (Lipinski definition) is 1. The van der Waals surface area contributed by atoms with Crippen LogP contribution in [0.25, 0.3) is 0 Å². The van der Waals surface area contributed by atoms with E-state index in [0.29, 0.717) is 6.04 Å². The van der Waals surface area contributed by atoms with Crippen LogP contribution in [0.2, 0.25) is 0 Å². The highest BCUT2D eigenvalue weighted by atomic mass is 16.2. The molecule has 1 aliphatic heterocycles. The highest BCUT2D eigenvalue weighted by molar-refractivity contribution is 5.73. The quantitative estimate of drug-likeness (QED) is 0.844. The second-order valence-corrected chi connectivity index (χ2v) is 9.88. The van der Waals surface area contributed by atoms with Gasteiger partial charge < -0.3 is 15.1 Å². The van der Waals surface area contributed by atoms with E-state index in [4.69, 9.17) is 0 Å². The summed E-state index contributed by atoms with van der Waals surface area (Å²) in [7, 11) is 3.64. The Morgan fingerprint density at radius 1 is 1.03 bits per heavy atom. The molecule has 1 N–H and O–H groups in total. The molecule has 29 heavy (non-hydrogen) atoms. The summed E-state index contributed by atoms with van der Waals surface area (Å²) in [5, 5.41) is 3.20. The lowest BCUT2D eigenvalue weighted by molar-refractivity contribution is 0.207. The standard InChI is InChI=1S/C24H38N4O/c1-17-6-5-7-23(18(17)2)28-10-8-27(9-11-28)16-19-12-20-14-22(15-21(20)13-19)25-24(29)26(3)4/h5-7,19-22H,8-16H2,1-4H3,(H,25,29). The summed E-state index contributed by atoms with van der Waals surface area (Å²) in [4.78, 5) is 18.8. The summed E-state index contributed by atoms with van der Waals surface area (Å²) in [6.45, 7) is 10.4. The van der Waals surface area contributed by atoms with Gasteiger partial charge in [0.2, 0.25) is 0 Å². The second-order valence-electron chi connectivity index (χ2n) is 9.88. The molecule has 0 spiro atoms. The van der Waals surface area contributed by atoms with Crippen LogP contribution < -0.4 is 10.2 Å². The first-order valence-electron chi connectivity index (χ1n) is 11.4. The van der Waals surface area contributed by atoms with E-state index < -0.39 is 0 Å². The summed E-state index contributed by atoms with van der Waals surface area (Å²) in [5.41, 5.74) is 4.24. The SMILES string of the molecule is Cc1cccc(N2CCN(CC3CC4CC(NC(=O)N(C)C)CC4C3)CC2)c1C. The van der Waals surface area contributed by atoms with Gasteiger partial charge in [-0.25, -0.2) is 4.79 Å². The summed E-state index contributed by atoms with van der Waals surface area (Å²) in [6.07, 6.45) is 5.08. The van der Waals surface area contributed by atoms with Crippen molar-refractivity contribution in [2.24, 2.45) is 17.8 Å². The van der Waals surface area contributed by atoms with Gasteiger partial charge in [-0.1, -0.05) is 12.1 Å². The zero-order chi connectivity index (χ0) is 20.5. The molecule has 1 heterocycles. The molecule has 0 aromatic heterocycles. The predicted octanol–water partition coefficient (Wildman–Crippen LogP) is 3.50. The highest BCUT2D eigenvalue weighted by Crippen LogP contribution is 2.47. The van der Waals surface area contributed by atoms with Crippen LogP contribution in [0, 0.1) is 31.6 Å². The van der Waals surface area contributed by atoms with E-state index in [1.54, 1.807) is 4.90 Å². The van der Waals surface area contributed by atoms with Crippen molar-refractivity contribution in [1.29, 1.82) is 0 Å². The number of fused-ring (bicyclic) bond motifs is 1. The van der Waals surface area contributed by atoms with Crippen LogP contribution in [0.3, 0.4) is 0 Å². The third-order valence-electron chi connectivity index (χ3n) is 7.65. The average Bonchev–Trinajstić information content (AvgIpc) is 3.22. The summed E-state index contributed by atoms with van der Waals surface area (Å²) >= 11 is 0. The smallest absolute Gasteiger partial charge is 0.317 e. The normalized spacial score (nSPS) is 29.7. The Labute approximate surface area is 176 Å². The third kappa shape index (κ3) is 4.55. The first-order chi connectivity index (χ1) is 13.9. The van der Waals surface area contributed by atoms with Crippen LogP contribution >= 0.6 is 0 Å². The number of amides is 2. The predicted molar refractivity (Wildman–Crippen MR) is 120 cm³/mol. The minimum Gasteiger partial charge on any atom is -0.369 e. The molecule has 160 valence electrons. The zero-order valence-electron chi connectivity index (χ0n) is 18.7. The molecule has 2 aliphatic carbocycles. The van der Waals surface area contributed by atoms with Crippen molar-refractivity contribution >= 4 is 11.7 Å². The van der Waals surface area contributed by atoms with Gasteiger partial charge in [-0.2, -0.15) is 0 Å². The minimum atomic E-state index is 0.0632. The zero-order valence-corrected chi connectivity index (χ0v) is 18.7. The molecule has 2 amide bonds. The Kier molecular flexibility index (Phi) is 6.05. The third-order valence-corrected chi connectivity index (χ3v) is 7.65. The van der Waals surface area contributed by atoms with Crippen LogP contribution in [0.1, 0.15) is 36.8 Å². The molecule has 1 aromatic carbocycles. The van der Waals surface area contributed by atoms with Crippen molar-refractivity contribution in [3.63, 3.8) is 0 Å². The molecule has 5 nitrogen and oxygen atoms in total. The van der Waals surface area contributed by atoms with Crippen LogP contribution in [0.4, 0.5) is 10.5 Å². The van der Waals surface area contributed by atoms with Crippen molar-refractivity contribution in [1.82, 2.24) is 15.1 Å². The Hall–Kier alpha value is -1.75. The van der Waals surface area contributed by atoms with Gasteiger partial charge in [-0.15, -0.1) is 0 Å². The number of benzene rings is 1. The lowest BCUT2D eigenvalue weighted by Gasteiger charge is -2.38. The Morgan fingerprint density at radius 2 is 1.69 bits per heavy atom. The van der Waals surface area contributed by atoms with E-state index in [1.165, 1.54) is 62.1 Å². The molecule has 1 aromatic rings. The number of aryl methyl sites for hydroxylation is 1. The number of carbonyl (C=O) groups is 1. The van der Waals surface area contributed by atoms with Crippen LogP contribution in [0.5, 0.6) is 0 Å². The molecule has 0 radical (unpaired) electrons. The average molecular weight is 399 g/mol. The molecular formula is C24H38N4O. The Morgan fingerprint density at radius 3 is 2.31 bits per heavy atom. The van der Waals surface area contributed by atoms with Crippen molar-refractivity contribution < 1.29 is 4.79 Å². The van der Waals surface area contributed by atoms with E-state index in [2.05, 4.69) is 47.2 Å². The topological polar surface area (TPSA) is 38.8 Å². The number of hydrogen-bond acceptors (Lipinski definition) is 3. The fourth-order valence-corrected chi connectivity index (χ4v) is 5.93. The maximum Gasteiger partial charge on any atom is 0.317 e. The fourth-order valence-electron chi connectivity index (χ4n) is 5.93. The van der Waals surface area contributed by atoms with Crippen molar-refractivity contribution in [3.05, 3.63) is 29.3 Å². The number of urea groups is 1. The molecule has 2 atom stereocenters. The Bertz CT molecular complexity index is 712. The molecule has 4 rings (SSSR count). The summed E-state index contributed by atoms with van der Waals surface area (Å²) in [6, 6.07) is 7.13. The highest BCUT2D eigenvalue weighted by Gasteiger charge is 2.42. The van der Waals surface area contributed by atoms with Crippen molar-refractivity contribution in [2.75, 3.05) is 51.7 Å². The number of carbonyl (C=O) groups excluding carboxylic acids is 1. The van der Waals surface area contributed by atoms with Gasteiger partial charge in [0.25, 0.3) is 0 Å². The number of rotatable bonds is 4. The van der Waals surface area contributed by atoms with E-state index >= 15 is 0 Å². The molecule has 1 saturated heterocycles. The molecule has 5 heteroatoms. The molecule has 3 fully saturated rings. The largest absolute Gasteiger partial charge is 0.369 e. The molecule has 2 saturated carbocycles. The Balaban J connectivity index is 1.22. The summed E-state index contributed by atoms with van der Waals surface area (Å²) in [5.74, 6) is 2.50. The van der Waals surface area contributed by atoms with Crippen LogP contribution in [-0.2, 0) is 0 Å². The van der Waals surface area contributed by atoms with Gasteiger partial charge in [0.15, 0.2) is 0 Å². The maximum atomic E-state index is 11.9. The van der Waals surface area contributed by atoms with Gasteiger partial charge in [-0.05, 0) is 74.5 Å². The fraction of sp³-hybridized carbons (Fsp3) is 0.708. The molecule has 0 bridgehead atoms. The van der Waals surface area contributed by atoms with E-state index in [9.17, 15) is 4.79 Å². The molecule has 2 unspecified atom stereocenters. The summed E-state index contributed by atoms with van der Waals surface area (Å²) < 4.78 is 0. The lowest BCUT2D eigenvalue weighted by Crippen LogP contribution is -2.48. The number of anilines is 1. The number of nitrogens with zero attached hydrogens (tertiary/aromatic N) is 3. The van der Waals surface area contributed by atoms with E-state index in [-0.39, 0.29) is 6.03 Å². The van der Waals surface area contributed by atoms with Gasteiger partial charge in [-0.3, -0.25) is 4.90 Å². The van der Waals surface area contributed by atoms with Crippen molar-refractivity contribution in [3.8, 4) is 0 Å². The van der Waals surface area contributed by atoms with Gasteiger partial charge in [0.05, 0.1) is 0 Å². The molecule has 3 aliphatic rings. The van der Waals surface area contributed by atoms with E-state index in [1.807, 2.05) is 14.1 Å². The maximum absolute atomic E-state index is 11.9. The number of nitrogens with one attached hydrogen (secondary N) is 1. The van der Waals surface area contributed by atoms with Crippen molar-refractivity contribution in [2.45, 2.75) is 45.6 Å². The van der Waals surface area contributed by atoms with Crippen LogP contribution in [0.15, 0.2) is 18.2 Å². The van der Waals surface area contributed by atoms with Gasteiger partial charge in [0.1, 0.15) is 0 Å². The lowest BCUT2D eigenvalue weighted by atomic mass is 10.0.